The molecule has 3 aromatic rings. The van der Waals surface area contributed by atoms with E-state index in [0.29, 0.717) is 17.0 Å². The van der Waals surface area contributed by atoms with Crippen molar-refractivity contribution in [2.75, 3.05) is 5.32 Å². The van der Waals surface area contributed by atoms with E-state index in [1.165, 1.54) is 6.20 Å². The quantitative estimate of drug-likeness (QED) is 0.756. The van der Waals surface area contributed by atoms with Crippen molar-refractivity contribution in [3.05, 3.63) is 41.5 Å². The molecule has 0 unspecified atom stereocenters. The number of rotatable bonds is 3. The third-order valence-corrected chi connectivity index (χ3v) is 3.01. The Morgan fingerprint density at radius 3 is 3.10 bits per heavy atom. The van der Waals surface area contributed by atoms with Gasteiger partial charge in [0.2, 0.25) is 0 Å². The first-order valence-corrected chi connectivity index (χ1v) is 6.34. The first-order valence-electron chi connectivity index (χ1n) is 6.34. The fraction of sp³-hybridized carbons (Fsp3) is 0.231. The molecule has 2 N–H and O–H groups in total. The molecule has 0 radical (unpaired) electrons. The summed E-state index contributed by atoms with van der Waals surface area (Å²) in [4.78, 5) is 16.6. The monoisotopic (exact) mass is 270 g/mol. The van der Waals surface area contributed by atoms with Gasteiger partial charge in [-0.1, -0.05) is 6.92 Å². The molecular formula is C13H14N6O. The number of hydrogen-bond acceptors (Lipinski definition) is 4. The van der Waals surface area contributed by atoms with Gasteiger partial charge in [0.1, 0.15) is 5.56 Å². The first-order chi connectivity index (χ1) is 9.67. The Labute approximate surface area is 115 Å². The molecule has 0 aliphatic rings. The Hall–Kier alpha value is -2.70. The maximum Gasteiger partial charge on any atom is 0.262 e. The summed E-state index contributed by atoms with van der Waals surface area (Å²) in [6.45, 7) is 3.88. The van der Waals surface area contributed by atoms with Crippen molar-refractivity contribution in [2.24, 2.45) is 0 Å². The zero-order valence-electron chi connectivity index (χ0n) is 11.2. The molecule has 3 heterocycles. The van der Waals surface area contributed by atoms with Crippen LogP contribution < -0.4 is 5.32 Å². The van der Waals surface area contributed by atoms with E-state index in [2.05, 4.69) is 25.6 Å². The van der Waals surface area contributed by atoms with Crippen molar-refractivity contribution >= 4 is 17.4 Å². The highest BCUT2D eigenvalue weighted by atomic mass is 16.1. The molecule has 0 aliphatic heterocycles. The van der Waals surface area contributed by atoms with Gasteiger partial charge in [0, 0.05) is 23.7 Å². The topological polar surface area (TPSA) is 88.0 Å². The average Bonchev–Trinajstić information content (AvgIpc) is 3.04. The minimum atomic E-state index is -0.271. The predicted octanol–water partition coefficient (Wildman–Crippen LogP) is 1.58. The van der Waals surface area contributed by atoms with Gasteiger partial charge in [-0.15, -0.1) is 0 Å². The highest BCUT2D eigenvalue weighted by molar-refractivity contribution is 6.07. The van der Waals surface area contributed by atoms with Gasteiger partial charge in [0.05, 0.1) is 6.20 Å². The van der Waals surface area contributed by atoms with Gasteiger partial charge in [-0.3, -0.25) is 9.89 Å². The summed E-state index contributed by atoms with van der Waals surface area (Å²) in [6.07, 6.45) is 4.11. The van der Waals surface area contributed by atoms with Crippen LogP contribution in [0.2, 0.25) is 0 Å². The maximum atomic E-state index is 12.2. The largest absolute Gasteiger partial charge is 0.305 e. The molecule has 7 nitrogen and oxygen atoms in total. The number of H-pyrrole nitrogens is 1. The number of hydrogen-bond donors (Lipinski definition) is 2. The fourth-order valence-corrected chi connectivity index (χ4v) is 1.91. The predicted molar refractivity (Wildman–Crippen MR) is 73.6 cm³/mol. The summed E-state index contributed by atoms with van der Waals surface area (Å²) in [5, 5.41) is 13.7. The first kappa shape index (κ1) is 12.3. The second kappa shape index (κ2) is 4.76. The van der Waals surface area contributed by atoms with Crippen molar-refractivity contribution in [3.8, 4) is 0 Å². The van der Waals surface area contributed by atoms with Crippen LogP contribution in [0.15, 0.2) is 24.5 Å². The van der Waals surface area contributed by atoms with Gasteiger partial charge in [-0.05, 0) is 19.4 Å². The smallest absolute Gasteiger partial charge is 0.262 e. The highest BCUT2D eigenvalue weighted by Gasteiger charge is 2.15. The van der Waals surface area contributed by atoms with E-state index >= 15 is 0 Å². The number of aromatic nitrogens is 5. The fourth-order valence-electron chi connectivity index (χ4n) is 1.91. The molecule has 0 saturated heterocycles. The van der Waals surface area contributed by atoms with Crippen LogP contribution in [0.4, 0.5) is 5.82 Å². The molecule has 0 atom stereocenters. The van der Waals surface area contributed by atoms with Crippen LogP contribution in [-0.2, 0) is 6.42 Å². The minimum Gasteiger partial charge on any atom is -0.305 e. The lowest BCUT2D eigenvalue weighted by Crippen LogP contribution is -2.12. The Balaban J connectivity index is 1.90. The van der Waals surface area contributed by atoms with E-state index in [9.17, 15) is 4.79 Å². The number of nitrogens with one attached hydrogen (secondary N) is 2. The van der Waals surface area contributed by atoms with Crippen LogP contribution in [0, 0.1) is 6.92 Å². The van der Waals surface area contributed by atoms with Gasteiger partial charge in [-0.2, -0.15) is 10.2 Å². The summed E-state index contributed by atoms with van der Waals surface area (Å²) in [6, 6.07) is 3.64. The third-order valence-electron chi connectivity index (χ3n) is 3.01. The maximum absolute atomic E-state index is 12.2. The van der Waals surface area contributed by atoms with Crippen LogP contribution in [0.3, 0.4) is 0 Å². The zero-order valence-corrected chi connectivity index (χ0v) is 11.2. The molecule has 3 aromatic heterocycles. The summed E-state index contributed by atoms with van der Waals surface area (Å²) in [5.41, 5.74) is 2.76. The molecule has 1 amide bonds. The molecule has 20 heavy (non-hydrogen) atoms. The van der Waals surface area contributed by atoms with E-state index in [1.807, 2.05) is 26.0 Å². The Morgan fingerprint density at radius 2 is 2.35 bits per heavy atom. The summed E-state index contributed by atoms with van der Waals surface area (Å²) in [5.74, 6) is 0.228. The average molecular weight is 270 g/mol. The van der Waals surface area contributed by atoms with Crippen LogP contribution in [0.1, 0.15) is 28.7 Å². The minimum absolute atomic E-state index is 0.271. The number of anilines is 1. The molecule has 0 saturated carbocycles. The second-order valence-electron chi connectivity index (χ2n) is 4.48. The van der Waals surface area contributed by atoms with Crippen LogP contribution in [0.25, 0.3) is 5.65 Å². The third kappa shape index (κ3) is 2.13. The van der Waals surface area contributed by atoms with Crippen LogP contribution in [-0.4, -0.2) is 30.7 Å². The standard InChI is InChI=1S/C13H14N6O/c1-3-9-6-11(18-17-9)16-13(20)10-7-14-19-5-4-8(2)15-12(10)19/h4-7H,3H2,1-2H3,(H2,16,17,18,20). The van der Waals surface area contributed by atoms with E-state index in [1.54, 1.807) is 10.7 Å². The summed E-state index contributed by atoms with van der Waals surface area (Å²) in [7, 11) is 0. The lowest BCUT2D eigenvalue weighted by atomic mass is 10.3. The van der Waals surface area contributed by atoms with Gasteiger partial charge in [0.15, 0.2) is 11.5 Å². The molecule has 0 spiro atoms. The van der Waals surface area contributed by atoms with Crippen molar-refractivity contribution in [2.45, 2.75) is 20.3 Å². The second-order valence-corrected chi connectivity index (χ2v) is 4.48. The molecule has 0 fully saturated rings. The molecule has 0 bridgehead atoms. The SMILES string of the molecule is CCc1cc(NC(=O)c2cnn3ccc(C)nc23)n[nH]1. The Morgan fingerprint density at radius 1 is 1.50 bits per heavy atom. The zero-order chi connectivity index (χ0) is 14.1. The van der Waals surface area contributed by atoms with Crippen LogP contribution in [0.5, 0.6) is 0 Å². The summed E-state index contributed by atoms with van der Waals surface area (Å²) < 4.78 is 1.57. The van der Waals surface area contributed by atoms with E-state index in [0.717, 1.165) is 17.8 Å². The number of nitrogens with zero attached hydrogens (tertiary/aromatic N) is 4. The Kier molecular flexibility index (Phi) is 2.94. The molecule has 7 heteroatoms. The lowest BCUT2D eigenvalue weighted by Gasteiger charge is -2.00. The summed E-state index contributed by atoms with van der Waals surface area (Å²) >= 11 is 0. The van der Waals surface area contributed by atoms with Crippen molar-refractivity contribution in [3.63, 3.8) is 0 Å². The molecular weight excluding hydrogens is 256 g/mol. The van der Waals surface area contributed by atoms with Crippen molar-refractivity contribution in [1.82, 2.24) is 24.8 Å². The van der Waals surface area contributed by atoms with Crippen molar-refractivity contribution in [1.29, 1.82) is 0 Å². The van der Waals surface area contributed by atoms with Gasteiger partial charge in [-0.25, -0.2) is 9.50 Å². The number of amides is 1. The van der Waals surface area contributed by atoms with E-state index in [4.69, 9.17) is 0 Å². The lowest BCUT2D eigenvalue weighted by molar-refractivity contribution is 0.102. The van der Waals surface area contributed by atoms with Crippen LogP contribution >= 0.6 is 0 Å². The molecule has 102 valence electrons. The molecule has 0 aliphatic carbocycles. The van der Waals surface area contributed by atoms with E-state index < -0.39 is 0 Å². The van der Waals surface area contributed by atoms with E-state index in [-0.39, 0.29) is 5.91 Å². The molecule has 0 aromatic carbocycles. The number of carbonyl (C=O) groups is 1. The van der Waals surface area contributed by atoms with Crippen molar-refractivity contribution < 1.29 is 4.79 Å². The normalized spacial score (nSPS) is 10.9. The molecule has 3 rings (SSSR count). The Bertz CT molecular complexity index is 772. The number of carbonyl (C=O) groups excluding carboxylic acids is 1. The van der Waals surface area contributed by atoms with Gasteiger partial charge < -0.3 is 5.32 Å². The number of fused-ring (bicyclic) bond motifs is 1. The number of aryl methyl sites for hydroxylation is 2. The van der Waals surface area contributed by atoms with Gasteiger partial charge >= 0.3 is 0 Å². The van der Waals surface area contributed by atoms with Gasteiger partial charge in [0.25, 0.3) is 5.91 Å². The number of aromatic amines is 1. The highest BCUT2D eigenvalue weighted by Crippen LogP contribution is 2.12.